The number of nitrogens with one attached hydrogen (secondary N) is 1. The third kappa shape index (κ3) is 4.26. The van der Waals surface area contributed by atoms with Crippen molar-refractivity contribution in [2.75, 3.05) is 19.8 Å². The van der Waals surface area contributed by atoms with Crippen LogP contribution in [0.25, 0.3) is 0 Å². The summed E-state index contributed by atoms with van der Waals surface area (Å²) in [4.78, 5) is 21.8. The van der Waals surface area contributed by atoms with Gasteiger partial charge in [0.25, 0.3) is 5.91 Å². The minimum absolute atomic E-state index is 0.0979. The summed E-state index contributed by atoms with van der Waals surface area (Å²) in [7, 11) is 0. The molecule has 0 bridgehead atoms. The van der Waals surface area contributed by atoms with Gasteiger partial charge in [0.05, 0.1) is 26.2 Å². The zero-order valence-corrected chi connectivity index (χ0v) is 8.56. The Kier molecular flexibility index (Phi) is 4.51. The number of carboxylic acid groups (broad SMARTS) is 1. The second-order valence-electron chi connectivity index (χ2n) is 3.44. The lowest BCUT2D eigenvalue weighted by atomic mass is 10.2. The molecular weight excluding hydrogens is 202 g/mol. The number of carbonyl (C=O) groups is 2. The average molecular weight is 217 g/mol. The highest BCUT2D eigenvalue weighted by molar-refractivity contribution is 5.81. The van der Waals surface area contributed by atoms with Gasteiger partial charge < -0.3 is 19.9 Å². The van der Waals surface area contributed by atoms with Crippen molar-refractivity contribution in [1.82, 2.24) is 5.32 Å². The lowest BCUT2D eigenvalue weighted by Crippen LogP contribution is -2.46. The Morgan fingerprint density at radius 2 is 2.27 bits per heavy atom. The van der Waals surface area contributed by atoms with Crippen LogP contribution in [-0.4, -0.2) is 48.9 Å². The smallest absolute Gasteiger partial charge is 0.305 e. The highest BCUT2D eigenvalue weighted by Gasteiger charge is 2.24. The van der Waals surface area contributed by atoms with Crippen LogP contribution in [0.3, 0.4) is 0 Å². The molecule has 1 fully saturated rings. The van der Waals surface area contributed by atoms with Crippen LogP contribution in [0.1, 0.15) is 13.3 Å². The Hall–Kier alpha value is -1.14. The molecule has 1 heterocycles. The first-order chi connectivity index (χ1) is 7.09. The molecule has 86 valence electrons. The first kappa shape index (κ1) is 11.9. The fourth-order valence-electron chi connectivity index (χ4n) is 1.29. The number of ether oxygens (including phenoxy) is 2. The molecule has 1 aliphatic rings. The van der Waals surface area contributed by atoms with Gasteiger partial charge in [0.2, 0.25) is 0 Å². The summed E-state index contributed by atoms with van der Waals surface area (Å²) in [6.45, 7) is 2.75. The number of rotatable bonds is 4. The van der Waals surface area contributed by atoms with E-state index in [1.54, 1.807) is 6.92 Å². The zero-order chi connectivity index (χ0) is 11.3. The van der Waals surface area contributed by atoms with Crippen LogP contribution in [0.15, 0.2) is 0 Å². The molecule has 1 amide bonds. The number of hydrogen-bond donors (Lipinski definition) is 2. The molecule has 2 unspecified atom stereocenters. The molecule has 6 nitrogen and oxygen atoms in total. The number of carbonyl (C=O) groups excluding carboxylic acids is 1. The second kappa shape index (κ2) is 5.67. The van der Waals surface area contributed by atoms with E-state index in [1.165, 1.54) is 0 Å². The fourth-order valence-corrected chi connectivity index (χ4v) is 1.29. The highest BCUT2D eigenvalue weighted by atomic mass is 16.6. The van der Waals surface area contributed by atoms with Crippen LogP contribution >= 0.6 is 0 Å². The van der Waals surface area contributed by atoms with Crippen molar-refractivity contribution in [3.63, 3.8) is 0 Å². The molecule has 1 rings (SSSR count). The summed E-state index contributed by atoms with van der Waals surface area (Å²) in [6.07, 6.45) is -0.714. The van der Waals surface area contributed by atoms with E-state index >= 15 is 0 Å². The van der Waals surface area contributed by atoms with E-state index in [0.29, 0.717) is 13.2 Å². The highest BCUT2D eigenvalue weighted by Crippen LogP contribution is 2.01. The topological polar surface area (TPSA) is 84.9 Å². The summed E-state index contributed by atoms with van der Waals surface area (Å²) >= 11 is 0. The number of amides is 1. The first-order valence-corrected chi connectivity index (χ1v) is 4.81. The molecule has 6 heteroatoms. The molecule has 0 aliphatic carbocycles. The molecule has 0 spiro atoms. The Labute approximate surface area is 87.5 Å². The molecule has 0 radical (unpaired) electrons. The largest absolute Gasteiger partial charge is 0.481 e. The second-order valence-corrected chi connectivity index (χ2v) is 3.44. The van der Waals surface area contributed by atoms with E-state index in [0.717, 1.165) is 0 Å². The Bertz CT molecular complexity index is 237. The van der Waals surface area contributed by atoms with Crippen LogP contribution in [-0.2, 0) is 19.1 Å². The third-order valence-electron chi connectivity index (χ3n) is 1.98. The minimum atomic E-state index is -0.941. The Morgan fingerprint density at radius 3 is 2.80 bits per heavy atom. The molecule has 0 aromatic carbocycles. The van der Waals surface area contributed by atoms with Crippen molar-refractivity contribution in [3.8, 4) is 0 Å². The van der Waals surface area contributed by atoms with Gasteiger partial charge in [-0.1, -0.05) is 0 Å². The van der Waals surface area contributed by atoms with Gasteiger partial charge in [0.15, 0.2) is 6.10 Å². The van der Waals surface area contributed by atoms with Gasteiger partial charge in [-0.25, -0.2) is 0 Å². The van der Waals surface area contributed by atoms with Crippen molar-refractivity contribution in [2.45, 2.75) is 25.5 Å². The molecular formula is C9H15NO5. The van der Waals surface area contributed by atoms with Crippen molar-refractivity contribution in [1.29, 1.82) is 0 Å². The predicted molar refractivity (Wildman–Crippen MR) is 50.4 cm³/mol. The summed E-state index contributed by atoms with van der Waals surface area (Å²) < 4.78 is 10.2. The molecule has 2 atom stereocenters. The van der Waals surface area contributed by atoms with Crippen LogP contribution in [0.4, 0.5) is 0 Å². The molecule has 0 saturated carbocycles. The zero-order valence-electron chi connectivity index (χ0n) is 8.56. The van der Waals surface area contributed by atoms with E-state index in [4.69, 9.17) is 14.6 Å². The van der Waals surface area contributed by atoms with Crippen LogP contribution in [0.5, 0.6) is 0 Å². The van der Waals surface area contributed by atoms with Crippen molar-refractivity contribution < 1.29 is 24.2 Å². The van der Waals surface area contributed by atoms with Gasteiger partial charge in [-0.2, -0.15) is 0 Å². The van der Waals surface area contributed by atoms with E-state index in [9.17, 15) is 9.59 Å². The monoisotopic (exact) mass is 217 g/mol. The maximum atomic E-state index is 11.5. The summed E-state index contributed by atoms with van der Waals surface area (Å²) in [5.41, 5.74) is 0. The van der Waals surface area contributed by atoms with Crippen molar-refractivity contribution in [3.05, 3.63) is 0 Å². The van der Waals surface area contributed by atoms with Crippen molar-refractivity contribution >= 4 is 11.9 Å². The van der Waals surface area contributed by atoms with Gasteiger partial charge in [0, 0.05) is 6.04 Å². The van der Waals surface area contributed by atoms with Crippen LogP contribution in [0.2, 0.25) is 0 Å². The normalized spacial score (nSPS) is 23.1. The molecule has 0 aromatic heterocycles. The van der Waals surface area contributed by atoms with Gasteiger partial charge in [0.1, 0.15) is 0 Å². The minimum Gasteiger partial charge on any atom is -0.481 e. The average Bonchev–Trinajstić information content (AvgIpc) is 2.17. The van der Waals surface area contributed by atoms with Gasteiger partial charge in [-0.3, -0.25) is 9.59 Å². The molecule has 1 saturated heterocycles. The fraction of sp³-hybridized carbons (Fsp3) is 0.778. The SMILES string of the molecule is CC(CC(=O)O)NC(=O)C1COCCO1. The van der Waals surface area contributed by atoms with E-state index < -0.39 is 18.1 Å². The predicted octanol–water partition coefficient (Wildman–Crippen LogP) is -0.619. The Balaban J connectivity index is 2.30. The van der Waals surface area contributed by atoms with Crippen LogP contribution < -0.4 is 5.32 Å². The number of carboxylic acids is 1. The van der Waals surface area contributed by atoms with Gasteiger partial charge >= 0.3 is 5.97 Å². The summed E-state index contributed by atoms with van der Waals surface area (Å²) in [5, 5.41) is 11.1. The summed E-state index contributed by atoms with van der Waals surface area (Å²) in [6, 6.07) is -0.402. The van der Waals surface area contributed by atoms with Crippen molar-refractivity contribution in [2.24, 2.45) is 0 Å². The third-order valence-corrected chi connectivity index (χ3v) is 1.98. The molecule has 0 aromatic rings. The van der Waals surface area contributed by atoms with Gasteiger partial charge in [-0.05, 0) is 6.92 Å². The van der Waals surface area contributed by atoms with E-state index in [-0.39, 0.29) is 18.9 Å². The lowest BCUT2D eigenvalue weighted by molar-refractivity contribution is -0.148. The van der Waals surface area contributed by atoms with Gasteiger partial charge in [-0.15, -0.1) is 0 Å². The van der Waals surface area contributed by atoms with Crippen LogP contribution in [0, 0.1) is 0 Å². The van der Waals surface area contributed by atoms with E-state index in [1.807, 2.05) is 0 Å². The quantitative estimate of drug-likeness (QED) is 0.655. The van der Waals surface area contributed by atoms with E-state index in [2.05, 4.69) is 5.32 Å². The molecule has 2 N–H and O–H groups in total. The first-order valence-electron chi connectivity index (χ1n) is 4.81. The number of hydrogen-bond acceptors (Lipinski definition) is 4. The number of aliphatic carboxylic acids is 1. The standard InChI is InChI=1S/C9H15NO5/c1-6(4-8(11)12)10-9(13)7-5-14-2-3-15-7/h6-7H,2-5H2,1H3,(H,10,13)(H,11,12). The Morgan fingerprint density at radius 1 is 1.53 bits per heavy atom. The maximum Gasteiger partial charge on any atom is 0.305 e. The lowest BCUT2D eigenvalue weighted by Gasteiger charge is -2.23. The summed E-state index contributed by atoms with van der Waals surface area (Å²) in [5.74, 6) is -1.26. The maximum absolute atomic E-state index is 11.5. The molecule has 1 aliphatic heterocycles. The molecule has 15 heavy (non-hydrogen) atoms.